The fraction of sp³-hybridized carbons (Fsp3) is 0.950. The van der Waals surface area contributed by atoms with Crippen molar-refractivity contribution in [3.8, 4) is 0 Å². The molecule has 1 atom stereocenters. The third-order valence-corrected chi connectivity index (χ3v) is 11.0. The predicted octanol–water partition coefficient (Wildman–Crippen LogP) is -6.04. The molecule has 0 heterocycles. The summed E-state index contributed by atoms with van der Waals surface area (Å²) in [6, 6.07) is 0. The molecular formula is C60H138O32. The van der Waals surface area contributed by atoms with Crippen molar-refractivity contribution >= 4 is 5.97 Å². The number of hydrogen-bond acceptors (Lipinski definition) is 31. The molecule has 0 bridgehead atoms. The Kier molecular flexibility index (Phi) is 134. The van der Waals surface area contributed by atoms with Gasteiger partial charge in [0.1, 0.15) is 61.0 Å². The molecular weight excluding hydrogens is 1230 g/mol. The van der Waals surface area contributed by atoms with Crippen LogP contribution in [0.3, 0.4) is 0 Å². The summed E-state index contributed by atoms with van der Waals surface area (Å²) in [6.07, 6.45) is 25.5. The van der Waals surface area contributed by atoms with E-state index in [0.717, 1.165) is 25.7 Å². The Morgan fingerprint density at radius 1 is 0.228 bits per heavy atom. The summed E-state index contributed by atoms with van der Waals surface area (Å²) in [5.74, 6) is -0.681. The van der Waals surface area contributed by atoms with Crippen LogP contribution in [-0.4, -0.2) is 357 Å². The van der Waals surface area contributed by atoms with Gasteiger partial charge >= 0.3 is 5.97 Å². The normalized spacial score (nSPS) is 10.9. The number of carbonyl (C=O) groups is 1. The molecule has 0 rings (SSSR count). The summed E-state index contributed by atoms with van der Waals surface area (Å²) in [7, 11) is 0. The Balaban J connectivity index is -0.0000000988. The van der Waals surface area contributed by atoms with E-state index in [1.54, 1.807) is 0 Å². The number of aliphatic carboxylic acids is 1. The van der Waals surface area contributed by atoms with Crippen LogP contribution in [0.5, 0.6) is 0 Å². The largest absolute Gasteiger partial charge is 0.481 e. The molecule has 0 aliphatic heterocycles. The van der Waals surface area contributed by atoms with E-state index in [2.05, 4.69) is 26.0 Å². The van der Waals surface area contributed by atoms with E-state index in [1.807, 2.05) is 0 Å². The van der Waals surface area contributed by atoms with Crippen LogP contribution in [-0.2, 0) is 4.79 Å². The van der Waals surface area contributed by atoms with Crippen molar-refractivity contribution in [3.63, 3.8) is 0 Å². The van der Waals surface area contributed by atoms with E-state index in [1.165, 1.54) is 128 Å². The number of allylic oxidation sites excluding steroid dienone is 2. The second-order valence-electron chi connectivity index (χ2n) is 20.2. The fourth-order valence-corrected chi connectivity index (χ4v) is 5.13. The minimum Gasteiger partial charge on any atom is -0.481 e. The number of carboxylic acids is 1. The Morgan fingerprint density at radius 3 is 0.478 bits per heavy atom. The molecule has 32 nitrogen and oxygen atoms in total. The molecule has 0 fully saturated rings. The Labute approximate surface area is 546 Å². The lowest BCUT2D eigenvalue weighted by Gasteiger charge is -2.12. The van der Waals surface area contributed by atoms with E-state index >= 15 is 0 Å². The van der Waals surface area contributed by atoms with Crippen molar-refractivity contribution in [1.82, 2.24) is 0 Å². The SMILES string of the molecule is CCCCCCCC/C=C\CCCCCCC(CCCCCCCCCCCC)C(=O)O.OCC(O)CO.OCC(O)CO.OCC(O)CO.OCC(O)CO.OCC(O)CO.OCC(O)CO.OCC(O)CO.OCC(O)CO.OCC(O)CO.OCC(O)CO. The maximum absolute atomic E-state index is 11.5. The summed E-state index contributed by atoms with van der Waals surface area (Å²) < 4.78 is 0. The van der Waals surface area contributed by atoms with Crippen molar-refractivity contribution in [3.05, 3.63) is 12.2 Å². The molecule has 32 heteroatoms. The topological polar surface area (TPSA) is 644 Å². The Hall–Kier alpha value is -1.99. The van der Waals surface area contributed by atoms with Gasteiger partial charge in [0.25, 0.3) is 0 Å². The quantitative estimate of drug-likeness (QED) is 0.0199. The average Bonchev–Trinajstić information content (AvgIpc) is 3.81. The molecule has 0 aliphatic carbocycles. The number of hydrogen-bond donors (Lipinski definition) is 31. The van der Waals surface area contributed by atoms with Gasteiger partial charge in [-0.1, -0.05) is 142 Å². The molecule has 0 radical (unpaired) electrons. The Morgan fingerprint density at radius 2 is 0.359 bits per heavy atom. The van der Waals surface area contributed by atoms with Crippen LogP contribution >= 0.6 is 0 Å². The number of rotatable bonds is 46. The highest BCUT2D eigenvalue weighted by atomic mass is 16.4. The number of carboxylic acid groups (broad SMARTS) is 1. The average molecular weight is 1370 g/mol. The third kappa shape index (κ3) is 136. The first-order valence-electron chi connectivity index (χ1n) is 31.7. The highest BCUT2D eigenvalue weighted by Crippen LogP contribution is 2.20. The summed E-state index contributed by atoms with van der Waals surface area (Å²) in [4.78, 5) is 11.5. The molecule has 92 heavy (non-hydrogen) atoms. The van der Waals surface area contributed by atoms with Crippen LogP contribution in [0.4, 0.5) is 0 Å². The molecule has 31 N–H and O–H groups in total. The first-order valence-corrected chi connectivity index (χ1v) is 31.7. The van der Waals surface area contributed by atoms with Gasteiger partial charge in [-0.15, -0.1) is 0 Å². The van der Waals surface area contributed by atoms with E-state index in [4.69, 9.17) is 153 Å². The van der Waals surface area contributed by atoms with Crippen LogP contribution in [0.25, 0.3) is 0 Å². The van der Waals surface area contributed by atoms with Gasteiger partial charge in [-0.3, -0.25) is 4.79 Å². The fourth-order valence-electron chi connectivity index (χ4n) is 5.13. The first-order chi connectivity index (χ1) is 43.8. The molecule has 0 saturated carbocycles. The number of unbranched alkanes of at least 4 members (excludes halogenated alkanes) is 19. The molecule has 1 unspecified atom stereocenters. The van der Waals surface area contributed by atoms with Gasteiger partial charge in [-0.05, 0) is 38.5 Å². The summed E-state index contributed by atoms with van der Waals surface area (Å²) in [5.41, 5.74) is 0. The maximum Gasteiger partial charge on any atom is 0.306 e. The van der Waals surface area contributed by atoms with Crippen molar-refractivity contribution in [2.75, 3.05) is 132 Å². The zero-order chi connectivity index (χ0) is 73.5. The molecule has 0 amide bonds. The molecule has 0 aliphatic rings. The van der Waals surface area contributed by atoms with Gasteiger partial charge in [0, 0.05) is 0 Å². The van der Waals surface area contributed by atoms with E-state index in [-0.39, 0.29) is 138 Å². The van der Waals surface area contributed by atoms with Crippen LogP contribution in [0.2, 0.25) is 0 Å². The van der Waals surface area contributed by atoms with E-state index < -0.39 is 67.0 Å². The third-order valence-electron chi connectivity index (χ3n) is 11.0. The van der Waals surface area contributed by atoms with Crippen molar-refractivity contribution in [1.29, 1.82) is 0 Å². The van der Waals surface area contributed by atoms with Gasteiger partial charge < -0.3 is 158 Å². The van der Waals surface area contributed by atoms with Gasteiger partial charge in [-0.25, -0.2) is 0 Å². The van der Waals surface area contributed by atoms with Gasteiger partial charge in [-0.2, -0.15) is 0 Å². The number of aliphatic hydroxyl groups is 30. The lowest BCUT2D eigenvalue weighted by molar-refractivity contribution is -0.142. The first kappa shape index (κ1) is 114. The molecule has 0 aromatic rings. The maximum atomic E-state index is 11.5. The second-order valence-corrected chi connectivity index (χ2v) is 20.2. The van der Waals surface area contributed by atoms with E-state index in [0.29, 0.717) is 0 Å². The van der Waals surface area contributed by atoms with Crippen molar-refractivity contribution in [2.45, 2.75) is 229 Å². The summed E-state index contributed by atoms with van der Waals surface area (Å²) in [6.45, 7) is -2.76. The van der Waals surface area contributed by atoms with Crippen LogP contribution < -0.4 is 0 Å². The predicted molar refractivity (Wildman–Crippen MR) is 344 cm³/mol. The monoisotopic (exact) mass is 1370 g/mol. The van der Waals surface area contributed by atoms with Crippen molar-refractivity contribution in [2.24, 2.45) is 5.92 Å². The zero-order valence-corrected chi connectivity index (χ0v) is 55.4. The molecule has 0 saturated heterocycles. The molecule has 570 valence electrons. The van der Waals surface area contributed by atoms with Gasteiger partial charge in [0.15, 0.2) is 0 Å². The highest BCUT2D eigenvalue weighted by Gasteiger charge is 2.16. The lowest BCUT2D eigenvalue weighted by Crippen LogP contribution is -2.15. The smallest absolute Gasteiger partial charge is 0.306 e. The second kappa shape index (κ2) is 108. The van der Waals surface area contributed by atoms with Gasteiger partial charge in [0.2, 0.25) is 0 Å². The minimum atomic E-state index is -0.954. The van der Waals surface area contributed by atoms with Gasteiger partial charge in [0.05, 0.1) is 138 Å². The van der Waals surface area contributed by atoms with E-state index in [9.17, 15) is 9.90 Å². The summed E-state index contributed by atoms with van der Waals surface area (Å²) >= 11 is 0. The molecule has 0 aromatic carbocycles. The molecule has 0 spiro atoms. The standard InChI is InChI=1S/C30H58O2.10C3H8O3/c1-3-5-7-9-11-13-15-16-17-18-20-22-24-26-28-29(30(31)32)27-25-23-21-19-14-12-10-8-6-4-2;10*4-1-3(6)2-5/h16-17,29H,3-15,18-28H2,1-2H3,(H,31,32);10*3-6H,1-2H2/b17-16-;;;;;;;;;;. The lowest BCUT2D eigenvalue weighted by atomic mass is 9.94. The van der Waals surface area contributed by atoms with Crippen LogP contribution in [0, 0.1) is 5.92 Å². The van der Waals surface area contributed by atoms with Crippen LogP contribution in [0.15, 0.2) is 12.2 Å². The highest BCUT2D eigenvalue weighted by molar-refractivity contribution is 5.69. The zero-order valence-electron chi connectivity index (χ0n) is 55.4. The Bertz CT molecular complexity index is 1010. The van der Waals surface area contributed by atoms with Crippen molar-refractivity contribution < 1.29 is 163 Å². The van der Waals surface area contributed by atoms with Crippen LogP contribution in [0.1, 0.15) is 168 Å². The number of aliphatic hydroxyl groups excluding tert-OH is 30. The molecule has 0 aromatic heterocycles. The summed E-state index contributed by atoms with van der Waals surface area (Å²) in [5, 5.41) is 250. The minimum absolute atomic E-state index is 0.110.